The summed E-state index contributed by atoms with van der Waals surface area (Å²) >= 11 is 0. The van der Waals surface area contributed by atoms with Gasteiger partial charge in [-0.05, 0) is 25.7 Å². The van der Waals surface area contributed by atoms with Crippen molar-refractivity contribution >= 4 is 12.0 Å². The Balaban J connectivity index is 2.35. The monoisotopic (exact) mass is 244 g/mol. The summed E-state index contributed by atoms with van der Waals surface area (Å²) in [5, 5.41) is 22.4. The van der Waals surface area contributed by atoms with Gasteiger partial charge >= 0.3 is 12.0 Å². The molecule has 1 aliphatic rings. The van der Waals surface area contributed by atoms with E-state index in [0.29, 0.717) is 5.92 Å². The Hall–Kier alpha value is -1.30. The third-order valence-electron chi connectivity index (χ3n) is 3.25. The summed E-state index contributed by atoms with van der Waals surface area (Å²) in [6, 6.07) is -1.75. The lowest BCUT2D eigenvalue weighted by Gasteiger charge is -2.21. The van der Waals surface area contributed by atoms with E-state index < -0.39 is 24.6 Å². The van der Waals surface area contributed by atoms with Gasteiger partial charge in [0.05, 0.1) is 6.61 Å². The lowest BCUT2D eigenvalue weighted by Crippen LogP contribution is -2.51. The van der Waals surface area contributed by atoms with Crippen LogP contribution in [0.15, 0.2) is 0 Å². The van der Waals surface area contributed by atoms with Crippen LogP contribution in [0.4, 0.5) is 4.79 Å². The Morgan fingerprint density at radius 1 is 1.29 bits per heavy atom. The highest BCUT2D eigenvalue weighted by atomic mass is 16.4. The predicted molar refractivity (Wildman–Crippen MR) is 61.6 cm³/mol. The second kappa shape index (κ2) is 6.44. The molecule has 98 valence electrons. The Bertz CT molecular complexity index is 277. The van der Waals surface area contributed by atoms with Gasteiger partial charge in [0.15, 0.2) is 6.04 Å². The molecule has 1 unspecified atom stereocenters. The number of carbonyl (C=O) groups excluding carboxylic acids is 1. The largest absolute Gasteiger partial charge is 0.480 e. The standard InChI is InChI=1S/C11H20N2O4/c1-7(8-4-2-3-5-8)12-11(17)13-9(6-14)10(15)16/h7-9,14H,2-6H2,1H3,(H,15,16)(H2,12,13,17)/t7?,9-/m0/s1. The van der Waals surface area contributed by atoms with Gasteiger partial charge in [-0.3, -0.25) is 0 Å². The van der Waals surface area contributed by atoms with Crippen molar-refractivity contribution in [1.82, 2.24) is 10.6 Å². The van der Waals surface area contributed by atoms with Gasteiger partial charge in [0.2, 0.25) is 0 Å². The molecule has 6 heteroatoms. The third-order valence-corrected chi connectivity index (χ3v) is 3.25. The lowest BCUT2D eigenvalue weighted by atomic mass is 10.0. The fourth-order valence-electron chi connectivity index (χ4n) is 2.17. The maximum Gasteiger partial charge on any atom is 0.328 e. The van der Waals surface area contributed by atoms with Gasteiger partial charge < -0.3 is 20.8 Å². The molecule has 0 radical (unpaired) electrons. The van der Waals surface area contributed by atoms with Crippen LogP contribution in [-0.2, 0) is 4.79 Å². The van der Waals surface area contributed by atoms with Crippen molar-refractivity contribution in [3.8, 4) is 0 Å². The molecule has 2 atom stereocenters. The van der Waals surface area contributed by atoms with Crippen LogP contribution in [-0.4, -0.2) is 40.9 Å². The quantitative estimate of drug-likeness (QED) is 0.559. The number of carboxylic acids is 1. The van der Waals surface area contributed by atoms with E-state index in [1.807, 2.05) is 6.92 Å². The number of aliphatic carboxylic acids is 1. The molecule has 0 aliphatic heterocycles. The molecule has 0 saturated heterocycles. The van der Waals surface area contributed by atoms with Crippen molar-refractivity contribution in [2.75, 3.05) is 6.61 Å². The minimum atomic E-state index is -1.24. The van der Waals surface area contributed by atoms with Crippen LogP contribution in [0.1, 0.15) is 32.6 Å². The molecule has 0 aromatic heterocycles. The molecule has 4 N–H and O–H groups in total. The fourth-order valence-corrected chi connectivity index (χ4v) is 2.17. The first-order valence-corrected chi connectivity index (χ1v) is 5.95. The van der Waals surface area contributed by atoms with Gasteiger partial charge in [-0.25, -0.2) is 9.59 Å². The molecule has 6 nitrogen and oxygen atoms in total. The van der Waals surface area contributed by atoms with E-state index >= 15 is 0 Å². The molecule has 1 saturated carbocycles. The van der Waals surface area contributed by atoms with Gasteiger partial charge in [-0.15, -0.1) is 0 Å². The Morgan fingerprint density at radius 3 is 2.35 bits per heavy atom. The van der Waals surface area contributed by atoms with Gasteiger partial charge in [0, 0.05) is 6.04 Å². The summed E-state index contributed by atoms with van der Waals surface area (Å²) in [6.45, 7) is 1.31. The molecule has 1 rings (SSSR count). The summed E-state index contributed by atoms with van der Waals surface area (Å²) in [6.07, 6.45) is 4.58. The van der Waals surface area contributed by atoms with Gasteiger partial charge in [-0.1, -0.05) is 12.8 Å². The minimum absolute atomic E-state index is 0.0330. The molecule has 1 aliphatic carbocycles. The third kappa shape index (κ3) is 4.22. The first kappa shape index (κ1) is 13.8. The molecule has 0 aromatic carbocycles. The number of carbonyl (C=O) groups is 2. The minimum Gasteiger partial charge on any atom is -0.480 e. The number of nitrogens with one attached hydrogen (secondary N) is 2. The van der Waals surface area contributed by atoms with Gasteiger partial charge in [0.25, 0.3) is 0 Å². The number of carboxylic acid groups (broad SMARTS) is 1. The van der Waals surface area contributed by atoms with Crippen LogP contribution in [0.3, 0.4) is 0 Å². The molecule has 17 heavy (non-hydrogen) atoms. The average Bonchev–Trinajstić information content (AvgIpc) is 2.78. The molecule has 0 bridgehead atoms. The number of amides is 2. The zero-order valence-corrected chi connectivity index (χ0v) is 9.98. The number of hydrogen-bond acceptors (Lipinski definition) is 3. The summed E-state index contributed by atoms with van der Waals surface area (Å²) in [7, 11) is 0. The highest BCUT2D eigenvalue weighted by Gasteiger charge is 2.24. The van der Waals surface area contributed by atoms with Crippen LogP contribution in [0.2, 0.25) is 0 Å². The number of rotatable bonds is 5. The summed E-state index contributed by atoms with van der Waals surface area (Å²) in [5.74, 6) is -0.769. The topological polar surface area (TPSA) is 98.7 Å². The van der Waals surface area contributed by atoms with Gasteiger partial charge in [-0.2, -0.15) is 0 Å². The van der Waals surface area contributed by atoms with E-state index in [9.17, 15) is 9.59 Å². The molecule has 0 aromatic rings. The summed E-state index contributed by atoms with van der Waals surface area (Å²) < 4.78 is 0. The van der Waals surface area contributed by atoms with Crippen molar-refractivity contribution in [1.29, 1.82) is 0 Å². The Labute approximate surface area is 100 Å². The van der Waals surface area contributed by atoms with Crippen LogP contribution in [0.25, 0.3) is 0 Å². The van der Waals surface area contributed by atoms with E-state index in [2.05, 4.69) is 10.6 Å². The van der Waals surface area contributed by atoms with Crippen molar-refractivity contribution in [2.24, 2.45) is 5.92 Å². The van der Waals surface area contributed by atoms with E-state index in [1.165, 1.54) is 12.8 Å². The van der Waals surface area contributed by atoms with E-state index in [-0.39, 0.29) is 6.04 Å². The number of hydrogen-bond donors (Lipinski definition) is 4. The maximum atomic E-state index is 11.5. The average molecular weight is 244 g/mol. The molecular formula is C11H20N2O4. The van der Waals surface area contributed by atoms with E-state index in [0.717, 1.165) is 12.8 Å². The second-order valence-corrected chi connectivity index (χ2v) is 4.52. The van der Waals surface area contributed by atoms with E-state index in [4.69, 9.17) is 10.2 Å². The van der Waals surface area contributed by atoms with E-state index in [1.54, 1.807) is 0 Å². The van der Waals surface area contributed by atoms with Crippen molar-refractivity contribution in [2.45, 2.75) is 44.7 Å². The van der Waals surface area contributed by atoms with Crippen LogP contribution >= 0.6 is 0 Å². The Morgan fingerprint density at radius 2 is 1.88 bits per heavy atom. The molecule has 0 heterocycles. The second-order valence-electron chi connectivity index (χ2n) is 4.52. The van der Waals surface area contributed by atoms with Crippen molar-refractivity contribution in [3.63, 3.8) is 0 Å². The van der Waals surface area contributed by atoms with Crippen LogP contribution in [0, 0.1) is 5.92 Å². The summed E-state index contributed by atoms with van der Waals surface area (Å²) in [5.41, 5.74) is 0. The Kier molecular flexibility index (Phi) is 5.21. The normalized spacial score (nSPS) is 19.6. The first-order chi connectivity index (χ1) is 8.04. The fraction of sp³-hybridized carbons (Fsp3) is 0.818. The predicted octanol–water partition coefficient (Wildman–Crippen LogP) is 0.310. The van der Waals surface area contributed by atoms with Crippen LogP contribution in [0.5, 0.6) is 0 Å². The molecule has 0 spiro atoms. The molecule has 2 amide bonds. The smallest absolute Gasteiger partial charge is 0.328 e. The zero-order chi connectivity index (χ0) is 12.8. The first-order valence-electron chi connectivity index (χ1n) is 5.95. The highest BCUT2D eigenvalue weighted by molar-refractivity contribution is 5.82. The highest BCUT2D eigenvalue weighted by Crippen LogP contribution is 2.27. The number of urea groups is 1. The number of aliphatic hydroxyl groups excluding tert-OH is 1. The lowest BCUT2D eigenvalue weighted by molar-refractivity contribution is -0.140. The number of aliphatic hydroxyl groups is 1. The van der Waals surface area contributed by atoms with Gasteiger partial charge in [0.1, 0.15) is 0 Å². The van der Waals surface area contributed by atoms with Crippen molar-refractivity contribution < 1.29 is 19.8 Å². The summed E-state index contributed by atoms with van der Waals surface area (Å²) in [4.78, 5) is 22.1. The van der Waals surface area contributed by atoms with Crippen LogP contribution < -0.4 is 10.6 Å². The zero-order valence-electron chi connectivity index (χ0n) is 9.98. The molecule has 1 fully saturated rings. The molecular weight excluding hydrogens is 224 g/mol. The van der Waals surface area contributed by atoms with Crippen molar-refractivity contribution in [3.05, 3.63) is 0 Å². The maximum absolute atomic E-state index is 11.5. The SMILES string of the molecule is CC(NC(=O)N[C@@H](CO)C(=O)O)C1CCCC1.